The van der Waals surface area contributed by atoms with Crippen LogP contribution < -0.4 is 0 Å². The van der Waals surface area contributed by atoms with Gasteiger partial charge in [-0.1, -0.05) is 12.5 Å². The highest BCUT2D eigenvalue weighted by atomic mass is 32.2. The topological polar surface area (TPSA) is 47.3 Å². The molecule has 1 aliphatic rings. The molecule has 1 atom stereocenters. The molecule has 1 unspecified atom stereocenters. The Labute approximate surface area is 103 Å². The summed E-state index contributed by atoms with van der Waals surface area (Å²) in [6, 6.07) is 5.48. The van der Waals surface area contributed by atoms with Crippen molar-refractivity contribution < 1.29 is 4.79 Å². The van der Waals surface area contributed by atoms with Crippen molar-refractivity contribution in [3.8, 4) is 0 Å². The second kappa shape index (κ2) is 4.49. The van der Waals surface area contributed by atoms with E-state index in [1.807, 2.05) is 23.9 Å². The molecule has 5 heteroatoms. The van der Waals surface area contributed by atoms with Crippen molar-refractivity contribution in [3.63, 3.8) is 0 Å². The highest BCUT2D eigenvalue weighted by Gasteiger charge is 2.20. The zero-order valence-electron chi connectivity index (χ0n) is 9.37. The largest absolute Gasteiger partial charge is 0.296 e. The highest BCUT2D eigenvalue weighted by Crippen LogP contribution is 2.36. The van der Waals surface area contributed by atoms with E-state index in [0.29, 0.717) is 10.9 Å². The van der Waals surface area contributed by atoms with Crippen molar-refractivity contribution in [1.29, 1.82) is 0 Å². The third-order valence-corrected chi connectivity index (χ3v) is 4.37. The van der Waals surface area contributed by atoms with Crippen molar-refractivity contribution in [3.05, 3.63) is 29.7 Å². The summed E-state index contributed by atoms with van der Waals surface area (Å²) < 4.78 is 1.64. The van der Waals surface area contributed by atoms with Crippen molar-refractivity contribution in [1.82, 2.24) is 14.6 Å². The van der Waals surface area contributed by atoms with Crippen LogP contribution in [0.4, 0.5) is 0 Å². The number of hydrogen-bond acceptors (Lipinski definition) is 4. The number of hydrogen-bond donors (Lipinski definition) is 0. The van der Waals surface area contributed by atoms with E-state index in [0.717, 1.165) is 24.2 Å². The van der Waals surface area contributed by atoms with Gasteiger partial charge in [0.15, 0.2) is 17.8 Å². The Kier molecular flexibility index (Phi) is 2.84. The minimum absolute atomic E-state index is 0.392. The molecule has 0 spiro atoms. The summed E-state index contributed by atoms with van der Waals surface area (Å²) in [6.45, 7) is 0. The number of rotatable bonds is 2. The van der Waals surface area contributed by atoms with Crippen LogP contribution in [0.3, 0.4) is 0 Å². The van der Waals surface area contributed by atoms with Gasteiger partial charge in [0.05, 0.1) is 5.25 Å². The molecule has 3 rings (SSSR count). The number of carbonyl (C=O) groups is 1. The first-order chi connectivity index (χ1) is 8.38. The molecular formula is C12H13N3OS. The molecule has 88 valence electrons. The summed E-state index contributed by atoms with van der Waals surface area (Å²) >= 11 is 1.92. The number of carbonyl (C=O) groups excluding carboxylic acids is 1. The van der Waals surface area contributed by atoms with Gasteiger partial charge in [-0.25, -0.2) is 9.50 Å². The lowest BCUT2D eigenvalue weighted by Gasteiger charge is -2.17. The maximum atomic E-state index is 10.9. The molecule has 0 aromatic carbocycles. The van der Waals surface area contributed by atoms with E-state index in [2.05, 4.69) is 10.1 Å². The number of fused-ring (bicyclic) bond motifs is 1. The minimum Gasteiger partial charge on any atom is -0.296 e. The van der Waals surface area contributed by atoms with E-state index in [-0.39, 0.29) is 0 Å². The standard InChI is InChI=1S/C12H13N3OS/c16-8-9-4-3-6-11-13-12(14-15(9)11)10-5-1-2-7-17-10/h3-4,6,8,10H,1-2,5,7H2. The molecular weight excluding hydrogens is 234 g/mol. The average Bonchev–Trinajstić information content (AvgIpc) is 2.83. The van der Waals surface area contributed by atoms with Crippen molar-refractivity contribution in [2.75, 3.05) is 5.75 Å². The molecule has 17 heavy (non-hydrogen) atoms. The summed E-state index contributed by atoms with van der Waals surface area (Å²) in [5.74, 6) is 2.05. The van der Waals surface area contributed by atoms with Crippen LogP contribution in [-0.4, -0.2) is 26.6 Å². The third-order valence-electron chi connectivity index (χ3n) is 2.99. The molecule has 0 aliphatic carbocycles. The Morgan fingerprint density at radius 2 is 2.35 bits per heavy atom. The SMILES string of the molecule is O=Cc1cccc2nc(C3CCCCS3)nn12. The van der Waals surface area contributed by atoms with Crippen LogP contribution in [0.5, 0.6) is 0 Å². The summed E-state index contributed by atoms with van der Waals surface area (Å²) in [4.78, 5) is 15.4. The number of thioether (sulfide) groups is 1. The number of nitrogens with zero attached hydrogens (tertiary/aromatic N) is 3. The smallest absolute Gasteiger partial charge is 0.168 e. The molecule has 1 saturated heterocycles. The summed E-state index contributed by atoms with van der Waals surface area (Å²) in [5.41, 5.74) is 1.32. The third kappa shape index (κ3) is 1.95. The normalized spacial score (nSPS) is 20.6. The van der Waals surface area contributed by atoms with Crippen molar-refractivity contribution in [2.24, 2.45) is 0 Å². The van der Waals surface area contributed by atoms with Gasteiger partial charge in [0.2, 0.25) is 0 Å². The van der Waals surface area contributed by atoms with Crippen LogP contribution in [0, 0.1) is 0 Å². The summed E-state index contributed by atoms with van der Waals surface area (Å²) in [7, 11) is 0. The molecule has 2 aromatic heterocycles. The molecule has 2 aromatic rings. The van der Waals surface area contributed by atoms with Gasteiger partial charge in [0, 0.05) is 0 Å². The van der Waals surface area contributed by atoms with Gasteiger partial charge in [-0.3, -0.25) is 4.79 Å². The van der Waals surface area contributed by atoms with Gasteiger partial charge in [0.1, 0.15) is 5.69 Å². The van der Waals surface area contributed by atoms with E-state index >= 15 is 0 Å². The van der Waals surface area contributed by atoms with E-state index in [9.17, 15) is 4.79 Å². The predicted molar refractivity (Wildman–Crippen MR) is 67.4 cm³/mol. The van der Waals surface area contributed by atoms with Crippen molar-refractivity contribution in [2.45, 2.75) is 24.5 Å². The maximum Gasteiger partial charge on any atom is 0.168 e. The fourth-order valence-electron chi connectivity index (χ4n) is 2.11. The molecule has 0 saturated carbocycles. The molecule has 1 aliphatic heterocycles. The van der Waals surface area contributed by atoms with Crippen molar-refractivity contribution >= 4 is 23.7 Å². The molecule has 1 fully saturated rings. The zero-order chi connectivity index (χ0) is 11.7. The predicted octanol–water partition coefficient (Wildman–Crippen LogP) is 2.50. The average molecular weight is 247 g/mol. The first-order valence-corrected chi connectivity index (χ1v) is 6.86. The summed E-state index contributed by atoms with van der Waals surface area (Å²) in [6.07, 6.45) is 4.49. The Bertz CT molecular complexity index is 546. The second-order valence-electron chi connectivity index (χ2n) is 4.16. The Morgan fingerprint density at radius 3 is 3.12 bits per heavy atom. The minimum atomic E-state index is 0.392. The van der Waals surface area contributed by atoms with Gasteiger partial charge in [-0.2, -0.15) is 11.8 Å². The van der Waals surface area contributed by atoms with Gasteiger partial charge >= 0.3 is 0 Å². The molecule has 3 heterocycles. The van der Waals surface area contributed by atoms with Crippen LogP contribution >= 0.6 is 11.8 Å². The first-order valence-electron chi connectivity index (χ1n) is 5.81. The Balaban J connectivity index is 2.03. The van der Waals surface area contributed by atoms with E-state index in [1.54, 1.807) is 10.6 Å². The van der Waals surface area contributed by atoms with Crippen LogP contribution in [0.25, 0.3) is 5.65 Å². The number of aromatic nitrogens is 3. The van der Waals surface area contributed by atoms with Crippen LogP contribution in [0.2, 0.25) is 0 Å². The van der Waals surface area contributed by atoms with Crippen LogP contribution in [0.15, 0.2) is 18.2 Å². The lowest BCUT2D eigenvalue weighted by molar-refractivity contribution is 0.111. The van der Waals surface area contributed by atoms with Gasteiger partial charge < -0.3 is 0 Å². The van der Waals surface area contributed by atoms with E-state index in [1.165, 1.54) is 18.6 Å². The number of pyridine rings is 1. The summed E-state index contributed by atoms with van der Waals surface area (Å²) in [5, 5.41) is 4.85. The molecule has 0 N–H and O–H groups in total. The lowest BCUT2D eigenvalue weighted by atomic mass is 10.2. The quantitative estimate of drug-likeness (QED) is 0.765. The van der Waals surface area contributed by atoms with E-state index in [4.69, 9.17) is 0 Å². The molecule has 4 nitrogen and oxygen atoms in total. The molecule has 0 radical (unpaired) electrons. The van der Waals surface area contributed by atoms with Crippen LogP contribution in [0.1, 0.15) is 40.8 Å². The van der Waals surface area contributed by atoms with Gasteiger partial charge in [0.25, 0.3) is 0 Å². The maximum absolute atomic E-state index is 10.9. The Hall–Kier alpha value is -1.36. The van der Waals surface area contributed by atoms with Gasteiger partial charge in [-0.15, -0.1) is 5.10 Å². The van der Waals surface area contributed by atoms with E-state index < -0.39 is 0 Å². The zero-order valence-corrected chi connectivity index (χ0v) is 10.2. The second-order valence-corrected chi connectivity index (χ2v) is 5.47. The first kappa shape index (κ1) is 10.8. The van der Waals surface area contributed by atoms with Crippen LogP contribution in [-0.2, 0) is 0 Å². The highest BCUT2D eigenvalue weighted by molar-refractivity contribution is 7.99. The fraction of sp³-hybridized carbons (Fsp3) is 0.417. The Morgan fingerprint density at radius 1 is 1.41 bits per heavy atom. The number of aldehydes is 1. The monoisotopic (exact) mass is 247 g/mol. The fourth-order valence-corrected chi connectivity index (χ4v) is 3.35. The molecule has 0 bridgehead atoms. The molecule has 0 amide bonds. The van der Waals surface area contributed by atoms with Gasteiger partial charge in [-0.05, 0) is 30.7 Å². The lowest BCUT2D eigenvalue weighted by Crippen LogP contribution is -2.04.